The van der Waals surface area contributed by atoms with E-state index in [0.717, 1.165) is 12.1 Å². The molecule has 1 rings (SSSR count). The molecular formula is C12H20ClNO. The van der Waals surface area contributed by atoms with Crippen LogP contribution in [0, 0.1) is 0 Å². The van der Waals surface area contributed by atoms with Gasteiger partial charge in [-0.15, -0.1) is 0 Å². The zero-order chi connectivity index (χ0) is 10.9. The summed E-state index contributed by atoms with van der Waals surface area (Å²) in [5.41, 5.74) is 0.980. The predicted octanol–water partition coefficient (Wildman–Crippen LogP) is 4.62. The summed E-state index contributed by atoms with van der Waals surface area (Å²) in [5, 5.41) is 4.25. The zero-order valence-electron chi connectivity index (χ0n) is 9.47. The maximum Gasteiger partial charge on any atom is 0.226 e. The summed E-state index contributed by atoms with van der Waals surface area (Å²) < 4.78 is 4.79. The second-order valence-electron chi connectivity index (χ2n) is 3.99. The van der Waals surface area contributed by atoms with E-state index in [4.69, 9.17) is 16.1 Å². The Kier molecular flexibility index (Phi) is 6.49. The molecule has 0 bridgehead atoms. The molecule has 1 aromatic rings. The van der Waals surface area contributed by atoms with Crippen LogP contribution in [0.4, 0.5) is 0 Å². The van der Waals surface area contributed by atoms with E-state index in [2.05, 4.69) is 12.1 Å². The van der Waals surface area contributed by atoms with Crippen LogP contribution in [0.25, 0.3) is 0 Å². The molecule has 1 heterocycles. The minimum Gasteiger partial charge on any atom is -0.344 e. The van der Waals surface area contributed by atoms with Crippen molar-refractivity contribution in [2.75, 3.05) is 0 Å². The van der Waals surface area contributed by atoms with Gasteiger partial charge in [-0.1, -0.05) is 50.6 Å². The van der Waals surface area contributed by atoms with E-state index in [9.17, 15) is 0 Å². The highest BCUT2D eigenvalue weighted by atomic mass is 35.5. The lowest BCUT2D eigenvalue weighted by molar-refractivity contribution is 0.412. The van der Waals surface area contributed by atoms with E-state index < -0.39 is 0 Å². The molecule has 0 amide bonds. The number of halogens is 1. The molecule has 0 saturated heterocycles. The highest BCUT2D eigenvalue weighted by Crippen LogP contribution is 2.13. The van der Waals surface area contributed by atoms with Gasteiger partial charge in [-0.05, 0) is 24.4 Å². The molecule has 2 nitrogen and oxygen atoms in total. The van der Waals surface area contributed by atoms with Gasteiger partial charge in [-0.2, -0.15) is 0 Å². The number of rotatable bonds is 8. The monoisotopic (exact) mass is 229 g/mol. The Morgan fingerprint density at radius 1 is 1.13 bits per heavy atom. The number of aryl methyl sites for hydroxylation is 1. The summed E-state index contributed by atoms with van der Waals surface area (Å²) >= 11 is 5.63. The van der Waals surface area contributed by atoms with Crippen molar-refractivity contribution in [2.45, 2.75) is 58.3 Å². The molecule has 0 saturated carbocycles. The largest absolute Gasteiger partial charge is 0.344 e. The summed E-state index contributed by atoms with van der Waals surface area (Å²) in [4.78, 5) is 0. The molecule has 1 aromatic heterocycles. The van der Waals surface area contributed by atoms with Crippen LogP contribution in [0.2, 0.25) is 5.22 Å². The van der Waals surface area contributed by atoms with Crippen molar-refractivity contribution >= 4 is 11.6 Å². The third kappa shape index (κ3) is 5.83. The first kappa shape index (κ1) is 12.6. The topological polar surface area (TPSA) is 26.0 Å². The Bertz CT molecular complexity index is 260. The van der Waals surface area contributed by atoms with E-state index in [1.165, 1.54) is 44.9 Å². The maximum absolute atomic E-state index is 5.63. The Hall–Kier alpha value is -0.500. The normalized spacial score (nSPS) is 10.8. The average Bonchev–Trinajstić information content (AvgIpc) is 2.63. The van der Waals surface area contributed by atoms with Gasteiger partial charge in [0.15, 0.2) is 0 Å². The van der Waals surface area contributed by atoms with Crippen LogP contribution in [0.3, 0.4) is 0 Å². The second-order valence-corrected chi connectivity index (χ2v) is 4.37. The molecule has 0 aromatic carbocycles. The van der Waals surface area contributed by atoms with Crippen LogP contribution in [0.1, 0.15) is 57.6 Å². The maximum atomic E-state index is 5.63. The van der Waals surface area contributed by atoms with E-state index >= 15 is 0 Å². The van der Waals surface area contributed by atoms with Crippen molar-refractivity contribution in [1.29, 1.82) is 0 Å². The highest BCUT2D eigenvalue weighted by molar-refractivity contribution is 6.28. The third-order valence-corrected chi connectivity index (χ3v) is 2.74. The number of hydrogen-bond acceptors (Lipinski definition) is 2. The minimum atomic E-state index is 0.396. The summed E-state index contributed by atoms with van der Waals surface area (Å²) in [6.07, 6.45) is 10.2. The molecule has 0 aliphatic heterocycles. The van der Waals surface area contributed by atoms with Gasteiger partial charge in [0.05, 0.1) is 5.69 Å². The number of aromatic nitrogens is 1. The molecule has 0 aliphatic rings. The Morgan fingerprint density at radius 2 is 1.80 bits per heavy atom. The summed E-state index contributed by atoms with van der Waals surface area (Å²) in [5.74, 6) is 0. The van der Waals surface area contributed by atoms with Gasteiger partial charge >= 0.3 is 0 Å². The summed E-state index contributed by atoms with van der Waals surface area (Å²) in [7, 11) is 0. The molecule has 0 aliphatic carbocycles. The van der Waals surface area contributed by atoms with Gasteiger partial charge in [-0.25, -0.2) is 0 Å². The fraction of sp³-hybridized carbons (Fsp3) is 0.750. The Morgan fingerprint density at radius 3 is 2.40 bits per heavy atom. The molecule has 3 heteroatoms. The predicted molar refractivity (Wildman–Crippen MR) is 63.2 cm³/mol. The van der Waals surface area contributed by atoms with Crippen LogP contribution >= 0.6 is 11.6 Å². The van der Waals surface area contributed by atoms with Crippen molar-refractivity contribution < 1.29 is 4.52 Å². The first-order valence-electron chi connectivity index (χ1n) is 5.94. The molecule has 0 atom stereocenters. The fourth-order valence-corrected chi connectivity index (χ4v) is 1.83. The minimum absolute atomic E-state index is 0.396. The smallest absolute Gasteiger partial charge is 0.226 e. The molecular weight excluding hydrogens is 210 g/mol. The molecule has 0 spiro atoms. The second kappa shape index (κ2) is 7.75. The van der Waals surface area contributed by atoms with Crippen LogP contribution < -0.4 is 0 Å². The Balaban J connectivity index is 1.93. The standard InChI is InChI=1S/C12H20ClNO/c1-2-3-4-5-6-7-8-9-11-10-12(13)15-14-11/h10H,2-9H2,1H3. The quantitative estimate of drug-likeness (QED) is 0.608. The fourth-order valence-electron chi connectivity index (χ4n) is 1.67. The average molecular weight is 230 g/mol. The summed E-state index contributed by atoms with van der Waals surface area (Å²) in [6.45, 7) is 2.24. The molecule has 15 heavy (non-hydrogen) atoms. The zero-order valence-corrected chi connectivity index (χ0v) is 10.2. The van der Waals surface area contributed by atoms with Crippen LogP contribution in [-0.4, -0.2) is 5.16 Å². The van der Waals surface area contributed by atoms with E-state index in [1.807, 2.05) is 0 Å². The van der Waals surface area contributed by atoms with Gasteiger partial charge < -0.3 is 4.52 Å². The first-order chi connectivity index (χ1) is 7.33. The van der Waals surface area contributed by atoms with E-state index in [-0.39, 0.29) is 0 Å². The van der Waals surface area contributed by atoms with Crippen LogP contribution in [0.5, 0.6) is 0 Å². The van der Waals surface area contributed by atoms with E-state index in [0.29, 0.717) is 5.22 Å². The molecule has 0 unspecified atom stereocenters. The highest BCUT2D eigenvalue weighted by Gasteiger charge is 2.00. The van der Waals surface area contributed by atoms with Crippen LogP contribution in [-0.2, 0) is 6.42 Å². The van der Waals surface area contributed by atoms with Gasteiger partial charge in [0.25, 0.3) is 0 Å². The number of unbranched alkanes of at least 4 members (excludes halogenated alkanes) is 6. The van der Waals surface area contributed by atoms with Gasteiger partial charge in [0.1, 0.15) is 0 Å². The SMILES string of the molecule is CCCCCCCCCc1cc(Cl)on1. The van der Waals surface area contributed by atoms with Crippen molar-refractivity contribution in [3.63, 3.8) is 0 Å². The van der Waals surface area contributed by atoms with Gasteiger partial charge in [-0.3, -0.25) is 0 Å². The third-order valence-electron chi connectivity index (χ3n) is 2.57. The van der Waals surface area contributed by atoms with Gasteiger partial charge in [0.2, 0.25) is 5.22 Å². The Labute approximate surface area is 97.0 Å². The van der Waals surface area contributed by atoms with Crippen molar-refractivity contribution in [3.05, 3.63) is 17.0 Å². The lowest BCUT2D eigenvalue weighted by Crippen LogP contribution is -1.85. The lowest BCUT2D eigenvalue weighted by atomic mass is 10.1. The molecule has 0 N–H and O–H groups in total. The first-order valence-corrected chi connectivity index (χ1v) is 6.32. The number of nitrogens with zero attached hydrogens (tertiary/aromatic N) is 1. The van der Waals surface area contributed by atoms with Crippen LogP contribution in [0.15, 0.2) is 10.6 Å². The number of hydrogen-bond donors (Lipinski definition) is 0. The van der Waals surface area contributed by atoms with Crippen molar-refractivity contribution in [2.24, 2.45) is 0 Å². The lowest BCUT2D eigenvalue weighted by Gasteiger charge is -1.99. The molecule has 86 valence electrons. The van der Waals surface area contributed by atoms with Crippen molar-refractivity contribution in [1.82, 2.24) is 5.16 Å². The summed E-state index contributed by atoms with van der Waals surface area (Å²) in [6, 6.07) is 1.80. The van der Waals surface area contributed by atoms with Gasteiger partial charge in [0, 0.05) is 6.07 Å². The van der Waals surface area contributed by atoms with Crippen molar-refractivity contribution in [3.8, 4) is 0 Å². The molecule has 0 radical (unpaired) electrons. The molecule has 0 fully saturated rings. The van der Waals surface area contributed by atoms with E-state index in [1.54, 1.807) is 6.07 Å².